The van der Waals surface area contributed by atoms with E-state index in [1.54, 1.807) is 0 Å². The maximum absolute atomic E-state index is 9.73. The molecule has 0 fully saturated rings. The summed E-state index contributed by atoms with van der Waals surface area (Å²) >= 11 is 0. The second kappa shape index (κ2) is 9.86. The number of rotatable bonds is 10. The van der Waals surface area contributed by atoms with E-state index < -0.39 is 6.10 Å². The fourth-order valence-corrected chi connectivity index (χ4v) is 1.71. The van der Waals surface area contributed by atoms with Crippen molar-refractivity contribution in [3.63, 3.8) is 0 Å². The molecule has 3 heteroatoms. The summed E-state index contributed by atoms with van der Waals surface area (Å²) in [4.78, 5) is 0. The Hall–Kier alpha value is -0.120. The third-order valence-corrected chi connectivity index (χ3v) is 2.95. The van der Waals surface area contributed by atoms with E-state index in [-0.39, 0.29) is 6.10 Å². The second-order valence-electron chi connectivity index (χ2n) is 5.60. The van der Waals surface area contributed by atoms with Crippen LogP contribution in [0.25, 0.3) is 0 Å². The minimum atomic E-state index is -0.395. The van der Waals surface area contributed by atoms with Gasteiger partial charge in [0, 0.05) is 6.54 Å². The van der Waals surface area contributed by atoms with E-state index >= 15 is 0 Å². The summed E-state index contributed by atoms with van der Waals surface area (Å²) in [6, 6.07) is 0. The number of hydrogen-bond donors (Lipinski definition) is 2. The summed E-state index contributed by atoms with van der Waals surface area (Å²) in [6.45, 7) is 12.8. The molecular formula is C14H31NO2. The average Bonchev–Trinajstić information content (AvgIpc) is 2.25. The summed E-state index contributed by atoms with van der Waals surface area (Å²) in [6.07, 6.45) is 2.06. The van der Waals surface area contributed by atoms with Gasteiger partial charge in [0.15, 0.2) is 0 Å². The Bertz CT molecular complexity index is 174. The van der Waals surface area contributed by atoms with Crippen molar-refractivity contribution in [2.45, 2.75) is 59.7 Å². The molecule has 0 amide bonds. The third-order valence-electron chi connectivity index (χ3n) is 2.95. The topological polar surface area (TPSA) is 41.5 Å². The molecule has 0 saturated heterocycles. The Kier molecular flexibility index (Phi) is 9.79. The first-order chi connectivity index (χ1) is 7.95. The molecule has 0 spiro atoms. The molecule has 3 atom stereocenters. The van der Waals surface area contributed by atoms with Crippen LogP contribution in [-0.4, -0.2) is 37.0 Å². The smallest absolute Gasteiger partial charge is 0.0897 e. The van der Waals surface area contributed by atoms with Crippen LogP contribution in [0.15, 0.2) is 0 Å². The molecule has 0 saturated carbocycles. The van der Waals surface area contributed by atoms with Crippen molar-refractivity contribution in [1.29, 1.82) is 0 Å². The van der Waals surface area contributed by atoms with Crippen LogP contribution in [0, 0.1) is 11.8 Å². The standard InChI is InChI=1S/C14H31NO2/c1-6-12(4)8-15-9-14(16)10-17-13(5)7-11(2)3/h11-16H,6-10H2,1-5H3. The Morgan fingerprint density at radius 1 is 1.12 bits per heavy atom. The van der Waals surface area contributed by atoms with Crippen LogP contribution in [-0.2, 0) is 4.74 Å². The molecule has 0 heterocycles. The lowest BCUT2D eigenvalue weighted by Gasteiger charge is -2.19. The lowest BCUT2D eigenvalue weighted by molar-refractivity contribution is -0.00864. The minimum absolute atomic E-state index is 0.235. The zero-order valence-electron chi connectivity index (χ0n) is 12.2. The second-order valence-corrected chi connectivity index (χ2v) is 5.60. The summed E-state index contributed by atoms with van der Waals surface area (Å²) in [5.41, 5.74) is 0. The predicted molar refractivity (Wildman–Crippen MR) is 73.2 cm³/mol. The molecule has 17 heavy (non-hydrogen) atoms. The Morgan fingerprint density at radius 2 is 1.76 bits per heavy atom. The molecule has 0 aromatic heterocycles. The van der Waals surface area contributed by atoms with Crippen LogP contribution >= 0.6 is 0 Å². The van der Waals surface area contributed by atoms with Crippen molar-refractivity contribution in [2.24, 2.45) is 11.8 Å². The molecule has 0 aliphatic carbocycles. The molecule has 0 aliphatic heterocycles. The molecular weight excluding hydrogens is 214 g/mol. The minimum Gasteiger partial charge on any atom is -0.389 e. The van der Waals surface area contributed by atoms with Crippen LogP contribution in [0.4, 0.5) is 0 Å². The highest BCUT2D eigenvalue weighted by atomic mass is 16.5. The first-order valence-corrected chi connectivity index (χ1v) is 6.96. The van der Waals surface area contributed by atoms with E-state index in [4.69, 9.17) is 4.74 Å². The zero-order valence-corrected chi connectivity index (χ0v) is 12.2. The lowest BCUT2D eigenvalue weighted by Crippen LogP contribution is -2.33. The van der Waals surface area contributed by atoms with E-state index in [2.05, 4.69) is 39.9 Å². The molecule has 0 bridgehead atoms. The number of aliphatic hydroxyl groups is 1. The molecule has 0 aliphatic rings. The third kappa shape index (κ3) is 10.7. The number of hydrogen-bond acceptors (Lipinski definition) is 3. The fourth-order valence-electron chi connectivity index (χ4n) is 1.71. The van der Waals surface area contributed by atoms with Crippen molar-refractivity contribution in [1.82, 2.24) is 5.32 Å². The molecule has 0 radical (unpaired) electrons. The Morgan fingerprint density at radius 3 is 2.29 bits per heavy atom. The summed E-state index contributed by atoms with van der Waals surface area (Å²) in [5.74, 6) is 1.31. The van der Waals surface area contributed by atoms with E-state index in [1.165, 1.54) is 6.42 Å². The maximum Gasteiger partial charge on any atom is 0.0897 e. The van der Waals surface area contributed by atoms with Crippen molar-refractivity contribution >= 4 is 0 Å². The molecule has 3 unspecified atom stereocenters. The van der Waals surface area contributed by atoms with Crippen molar-refractivity contribution in [2.75, 3.05) is 19.7 Å². The highest BCUT2D eigenvalue weighted by molar-refractivity contribution is 4.62. The number of nitrogens with one attached hydrogen (secondary N) is 1. The molecule has 3 nitrogen and oxygen atoms in total. The largest absolute Gasteiger partial charge is 0.389 e. The van der Waals surface area contributed by atoms with Gasteiger partial charge in [-0.1, -0.05) is 34.1 Å². The van der Waals surface area contributed by atoms with Crippen molar-refractivity contribution in [3.8, 4) is 0 Å². The number of aliphatic hydroxyl groups excluding tert-OH is 1. The van der Waals surface area contributed by atoms with Gasteiger partial charge in [-0.3, -0.25) is 0 Å². The maximum atomic E-state index is 9.73. The van der Waals surface area contributed by atoms with Gasteiger partial charge >= 0.3 is 0 Å². The molecule has 0 rings (SSSR count). The molecule has 0 aromatic rings. The van der Waals surface area contributed by atoms with E-state index in [0.29, 0.717) is 25.0 Å². The van der Waals surface area contributed by atoms with Crippen LogP contribution in [0.1, 0.15) is 47.5 Å². The quantitative estimate of drug-likeness (QED) is 0.621. The number of ether oxygens (including phenoxy) is 1. The summed E-state index contributed by atoms with van der Waals surface area (Å²) < 4.78 is 5.61. The van der Waals surface area contributed by atoms with Crippen LogP contribution < -0.4 is 5.32 Å². The molecule has 2 N–H and O–H groups in total. The predicted octanol–water partition coefficient (Wildman–Crippen LogP) is 2.43. The van der Waals surface area contributed by atoms with Gasteiger partial charge in [0.1, 0.15) is 0 Å². The van der Waals surface area contributed by atoms with Crippen LogP contribution in [0.3, 0.4) is 0 Å². The van der Waals surface area contributed by atoms with E-state index in [0.717, 1.165) is 13.0 Å². The van der Waals surface area contributed by atoms with Crippen molar-refractivity contribution in [3.05, 3.63) is 0 Å². The Balaban J connectivity index is 3.48. The summed E-state index contributed by atoms with van der Waals surface area (Å²) in [7, 11) is 0. The van der Waals surface area contributed by atoms with Gasteiger partial charge in [-0.15, -0.1) is 0 Å². The van der Waals surface area contributed by atoms with Crippen LogP contribution in [0.2, 0.25) is 0 Å². The lowest BCUT2D eigenvalue weighted by atomic mass is 10.1. The van der Waals surface area contributed by atoms with Gasteiger partial charge in [0.05, 0.1) is 18.8 Å². The molecule has 104 valence electrons. The SMILES string of the molecule is CCC(C)CNCC(O)COC(C)CC(C)C. The highest BCUT2D eigenvalue weighted by Crippen LogP contribution is 2.07. The van der Waals surface area contributed by atoms with Gasteiger partial charge in [0.2, 0.25) is 0 Å². The molecule has 0 aromatic carbocycles. The average molecular weight is 245 g/mol. The van der Waals surface area contributed by atoms with Crippen molar-refractivity contribution < 1.29 is 9.84 Å². The first-order valence-electron chi connectivity index (χ1n) is 6.96. The Labute approximate surface area is 107 Å². The van der Waals surface area contributed by atoms with E-state index in [1.807, 2.05) is 0 Å². The monoisotopic (exact) mass is 245 g/mol. The highest BCUT2D eigenvalue weighted by Gasteiger charge is 2.09. The fraction of sp³-hybridized carbons (Fsp3) is 1.00. The van der Waals surface area contributed by atoms with Crippen LogP contribution in [0.5, 0.6) is 0 Å². The zero-order chi connectivity index (χ0) is 13.3. The van der Waals surface area contributed by atoms with Gasteiger partial charge in [-0.05, 0) is 31.7 Å². The van der Waals surface area contributed by atoms with Gasteiger partial charge in [0.25, 0.3) is 0 Å². The van der Waals surface area contributed by atoms with E-state index in [9.17, 15) is 5.11 Å². The van der Waals surface area contributed by atoms with Gasteiger partial charge in [-0.2, -0.15) is 0 Å². The first kappa shape index (κ1) is 16.9. The van der Waals surface area contributed by atoms with Gasteiger partial charge < -0.3 is 15.2 Å². The summed E-state index contributed by atoms with van der Waals surface area (Å²) in [5, 5.41) is 13.0. The normalized spacial score (nSPS) is 17.1. The van der Waals surface area contributed by atoms with Gasteiger partial charge in [-0.25, -0.2) is 0 Å².